The Kier molecular flexibility index (Phi) is 5.52. The summed E-state index contributed by atoms with van der Waals surface area (Å²) in [4.78, 5) is 4.53. The van der Waals surface area contributed by atoms with Crippen LogP contribution in [0.1, 0.15) is 18.9 Å². The molecule has 1 aliphatic heterocycles. The third-order valence-electron chi connectivity index (χ3n) is 3.99. The molecule has 0 aliphatic carbocycles. The zero-order valence-electron chi connectivity index (χ0n) is 12.4. The van der Waals surface area contributed by atoms with Crippen LogP contribution in [0.15, 0.2) is 29.4 Å². The van der Waals surface area contributed by atoms with E-state index < -0.39 is 0 Å². The Balaban J connectivity index is 1.88. The molecule has 1 aliphatic rings. The minimum absolute atomic E-state index is 0.00804. The van der Waals surface area contributed by atoms with E-state index in [1.165, 1.54) is 6.07 Å². The molecule has 2 rings (SSSR count). The summed E-state index contributed by atoms with van der Waals surface area (Å²) in [5, 5.41) is 12.0. The predicted octanol–water partition coefficient (Wildman–Crippen LogP) is 1.47. The quantitative estimate of drug-likeness (QED) is 0.373. The van der Waals surface area contributed by atoms with Crippen molar-refractivity contribution < 1.29 is 9.60 Å². The lowest BCUT2D eigenvalue weighted by molar-refractivity contribution is 0.109. The first-order chi connectivity index (χ1) is 10.1. The van der Waals surface area contributed by atoms with Gasteiger partial charge < -0.3 is 10.9 Å². The van der Waals surface area contributed by atoms with E-state index in [1.54, 1.807) is 12.1 Å². The van der Waals surface area contributed by atoms with Gasteiger partial charge in [0.05, 0.1) is 6.04 Å². The third-order valence-corrected chi connectivity index (χ3v) is 3.99. The fourth-order valence-corrected chi connectivity index (χ4v) is 2.85. The lowest BCUT2D eigenvalue weighted by Gasteiger charge is -2.38. The molecule has 0 spiro atoms. The monoisotopic (exact) mass is 294 g/mol. The molecule has 0 radical (unpaired) electrons. The Bertz CT molecular complexity index is 486. The summed E-state index contributed by atoms with van der Waals surface area (Å²) in [6, 6.07) is 6.72. The van der Waals surface area contributed by atoms with Crippen molar-refractivity contribution in [1.82, 2.24) is 9.80 Å². The van der Waals surface area contributed by atoms with E-state index in [0.717, 1.165) is 44.7 Å². The molecule has 1 unspecified atom stereocenters. The average molecular weight is 294 g/mol. The van der Waals surface area contributed by atoms with Gasteiger partial charge in [0, 0.05) is 32.7 Å². The highest BCUT2D eigenvalue weighted by atomic mass is 19.1. The van der Waals surface area contributed by atoms with Gasteiger partial charge in [0.1, 0.15) is 5.82 Å². The van der Waals surface area contributed by atoms with Crippen molar-refractivity contribution in [2.24, 2.45) is 10.9 Å². The number of hydrogen-bond acceptors (Lipinski definition) is 4. The molecule has 1 fully saturated rings. The number of nitrogens with two attached hydrogens (primary N) is 1. The molecule has 1 atom stereocenters. The van der Waals surface area contributed by atoms with E-state index in [9.17, 15) is 4.39 Å². The van der Waals surface area contributed by atoms with Crippen molar-refractivity contribution >= 4 is 5.84 Å². The normalized spacial score (nSPS) is 19.6. The minimum Gasteiger partial charge on any atom is -0.409 e. The average Bonchev–Trinajstić information content (AvgIpc) is 2.49. The first kappa shape index (κ1) is 15.7. The molecule has 1 aromatic carbocycles. The molecule has 1 heterocycles. The van der Waals surface area contributed by atoms with Gasteiger partial charge in [-0.3, -0.25) is 9.80 Å². The van der Waals surface area contributed by atoms with Crippen LogP contribution in [-0.2, 0) is 6.54 Å². The first-order valence-electron chi connectivity index (χ1n) is 7.32. The number of nitrogens with zero attached hydrogens (tertiary/aromatic N) is 3. The molecule has 5 nitrogen and oxygen atoms in total. The molecule has 1 aromatic rings. The highest BCUT2D eigenvalue weighted by molar-refractivity contribution is 5.85. The van der Waals surface area contributed by atoms with Crippen LogP contribution in [-0.4, -0.2) is 53.1 Å². The Morgan fingerprint density at radius 2 is 2.10 bits per heavy atom. The van der Waals surface area contributed by atoms with Crippen molar-refractivity contribution in [2.45, 2.75) is 25.9 Å². The van der Waals surface area contributed by atoms with Crippen molar-refractivity contribution in [3.8, 4) is 0 Å². The summed E-state index contributed by atoms with van der Waals surface area (Å²) in [5.41, 5.74) is 6.73. The van der Waals surface area contributed by atoms with Crippen LogP contribution in [0.3, 0.4) is 0 Å². The van der Waals surface area contributed by atoms with Gasteiger partial charge >= 0.3 is 0 Å². The Morgan fingerprint density at radius 3 is 2.67 bits per heavy atom. The highest BCUT2D eigenvalue weighted by Crippen LogP contribution is 2.13. The zero-order valence-corrected chi connectivity index (χ0v) is 12.4. The fourth-order valence-electron chi connectivity index (χ4n) is 2.85. The van der Waals surface area contributed by atoms with Crippen molar-refractivity contribution in [2.75, 3.05) is 26.2 Å². The van der Waals surface area contributed by atoms with Gasteiger partial charge in [-0.2, -0.15) is 0 Å². The number of rotatable bonds is 5. The SMILES string of the molecule is CCC(C(N)=NO)N1CCN(Cc2cccc(F)c2)CC1. The second kappa shape index (κ2) is 7.38. The maximum atomic E-state index is 13.2. The van der Waals surface area contributed by atoms with Crippen molar-refractivity contribution in [3.05, 3.63) is 35.6 Å². The summed E-state index contributed by atoms with van der Waals surface area (Å²) < 4.78 is 13.2. The van der Waals surface area contributed by atoms with Crippen LogP contribution in [0.4, 0.5) is 4.39 Å². The Morgan fingerprint density at radius 1 is 1.38 bits per heavy atom. The molecule has 116 valence electrons. The number of amidine groups is 1. The van der Waals surface area contributed by atoms with E-state index in [4.69, 9.17) is 10.9 Å². The minimum atomic E-state index is -0.191. The molecule has 3 N–H and O–H groups in total. The lowest BCUT2D eigenvalue weighted by atomic mass is 10.1. The number of hydrogen-bond donors (Lipinski definition) is 2. The van der Waals surface area contributed by atoms with Gasteiger partial charge in [0.15, 0.2) is 5.84 Å². The second-order valence-electron chi connectivity index (χ2n) is 5.39. The maximum Gasteiger partial charge on any atom is 0.156 e. The van der Waals surface area contributed by atoms with E-state index in [0.29, 0.717) is 0 Å². The Hall–Kier alpha value is -1.66. The fraction of sp³-hybridized carbons (Fsp3) is 0.533. The third kappa shape index (κ3) is 4.15. The van der Waals surface area contributed by atoms with Crippen molar-refractivity contribution in [3.63, 3.8) is 0 Å². The summed E-state index contributed by atoms with van der Waals surface area (Å²) in [6.07, 6.45) is 0.819. The number of benzene rings is 1. The standard InChI is InChI=1S/C15H23FN4O/c1-2-14(15(17)18-21)20-8-6-19(7-9-20)11-12-4-3-5-13(16)10-12/h3-5,10,14,21H,2,6-9,11H2,1H3,(H2,17,18). The van der Waals surface area contributed by atoms with Crippen LogP contribution in [0.25, 0.3) is 0 Å². The van der Waals surface area contributed by atoms with Gasteiger partial charge in [-0.15, -0.1) is 0 Å². The smallest absolute Gasteiger partial charge is 0.156 e. The largest absolute Gasteiger partial charge is 0.409 e. The van der Waals surface area contributed by atoms with Crippen LogP contribution in [0.5, 0.6) is 0 Å². The van der Waals surface area contributed by atoms with Crippen LogP contribution in [0.2, 0.25) is 0 Å². The summed E-state index contributed by atoms with van der Waals surface area (Å²) in [6.45, 7) is 6.30. The molecule has 0 amide bonds. The second-order valence-corrected chi connectivity index (χ2v) is 5.39. The lowest BCUT2D eigenvalue weighted by Crippen LogP contribution is -2.53. The number of halogens is 1. The zero-order chi connectivity index (χ0) is 15.2. The molecule has 0 bridgehead atoms. The van der Waals surface area contributed by atoms with E-state index in [-0.39, 0.29) is 17.7 Å². The molecule has 1 saturated heterocycles. The van der Waals surface area contributed by atoms with Crippen LogP contribution < -0.4 is 5.73 Å². The van der Waals surface area contributed by atoms with E-state index >= 15 is 0 Å². The predicted molar refractivity (Wildman–Crippen MR) is 80.7 cm³/mol. The summed E-state index contributed by atoms with van der Waals surface area (Å²) in [7, 11) is 0. The van der Waals surface area contributed by atoms with Crippen molar-refractivity contribution in [1.29, 1.82) is 0 Å². The van der Waals surface area contributed by atoms with Crippen LogP contribution >= 0.6 is 0 Å². The van der Waals surface area contributed by atoms with E-state index in [1.807, 2.05) is 13.0 Å². The van der Waals surface area contributed by atoms with Crippen LogP contribution in [0, 0.1) is 5.82 Å². The molecule has 6 heteroatoms. The molecule has 0 saturated carbocycles. The van der Waals surface area contributed by atoms with Gasteiger partial charge in [-0.25, -0.2) is 4.39 Å². The van der Waals surface area contributed by atoms with Gasteiger partial charge in [-0.1, -0.05) is 24.2 Å². The van der Waals surface area contributed by atoms with Gasteiger partial charge in [-0.05, 0) is 24.1 Å². The molecule has 0 aromatic heterocycles. The summed E-state index contributed by atoms with van der Waals surface area (Å²) in [5.74, 6) is 0.0835. The molecular formula is C15H23FN4O. The van der Waals surface area contributed by atoms with Gasteiger partial charge in [0.2, 0.25) is 0 Å². The molecular weight excluding hydrogens is 271 g/mol. The summed E-state index contributed by atoms with van der Waals surface area (Å²) >= 11 is 0. The maximum absolute atomic E-state index is 13.2. The highest BCUT2D eigenvalue weighted by Gasteiger charge is 2.25. The number of piperazine rings is 1. The molecule has 21 heavy (non-hydrogen) atoms. The number of oxime groups is 1. The Labute approximate surface area is 124 Å². The van der Waals surface area contributed by atoms with E-state index in [2.05, 4.69) is 15.0 Å². The topological polar surface area (TPSA) is 65.1 Å². The first-order valence-corrected chi connectivity index (χ1v) is 7.32. The van der Waals surface area contributed by atoms with Gasteiger partial charge in [0.25, 0.3) is 0 Å².